The number of rotatable bonds is 4. The van der Waals surface area contributed by atoms with Crippen molar-refractivity contribution in [2.75, 3.05) is 0 Å². The summed E-state index contributed by atoms with van der Waals surface area (Å²) in [5, 5.41) is 11.0. The van der Waals surface area contributed by atoms with Gasteiger partial charge in [-0.1, -0.05) is 23.7 Å². The molecule has 0 aliphatic rings. The van der Waals surface area contributed by atoms with Gasteiger partial charge in [0.2, 0.25) is 0 Å². The lowest BCUT2D eigenvalue weighted by Gasteiger charge is -2.12. The zero-order valence-corrected chi connectivity index (χ0v) is 12.9. The van der Waals surface area contributed by atoms with Crippen molar-refractivity contribution in [2.45, 2.75) is 27.4 Å². The number of aryl methyl sites for hydroxylation is 2. The minimum absolute atomic E-state index is 0.102. The fourth-order valence-electron chi connectivity index (χ4n) is 2.10. The average Bonchev–Trinajstić information content (AvgIpc) is 2.42. The predicted octanol–water partition coefficient (Wildman–Crippen LogP) is 4.75. The standard InChI is InChI=1S/C16H16ClNO3/c1-10-6-11(2)12(3)16(7-10)21-9-13-4-5-14(17)15(8-13)18(19)20/h4-8H,9H2,1-3H3. The third-order valence-corrected chi connectivity index (χ3v) is 3.69. The van der Waals surface area contributed by atoms with Gasteiger partial charge in [-0.25, -0.2) is 0 Å². The van der Waals surface area contributed by atoms with Gasteiger partial charge < -0.3 is 4.74 Å². The second-order valence-corrected chi connectivity index (χ2v) is 5.44. The van der Waals surface area contributed by atoms with Crippen molar-refractivity contribution < 1.29 is 9.66 Å². The molecule has 0 amide bonds. The van der Waals surface area contributed by atoms with E-state index in [-0.39, 0.29) is 17.3 Å². The largest absolute Gasteiger partial charge is 0.489 e. The molecule has 0 bridgehead atoms. The molecule has 0 atom stereocenters. The molecule has 0 heterocycles. The maximum absolute atomic E-state index is 10.9. The quantitative estimate of drug-likeness (QED) is 0.605. The highest BCUT2D eigenvalue weighted by Gasteiger charge is 2.13. The number of nitro groups is 1. The van der Waals surface area contributed by atoms with Crippen molar-refractivity contribution in [3.63, 3.8) is 0 Å². The van der Waals surface area contributed by atoms with Crippen LogP contribution in [0.3, 0.4) is 0 Å². The number of halogens is 1. The van der Waals surface area contributed by atoms with Gasteiger partial charge in [0, 0.05) is 6.07 Å². The fraction of sp³-hybridized carbons (Fsp3) is 0.250. The SMILES string of the molecule is Cc1cc(C)c(C)c(OCc2ccc(Cl)c([N+](=O)[O-])c2)c1. The molecule has 110 valence electrons. The molecule has 0 spiro atoms. The first-order valence-corrected chi connectivity index (χ1v) is 6.89. The van der Waals surface area contributed by atoms with Crippen LogP contribution in [-0.2, 0) is 6.61 Å². The van der Waals surface area contributed by atoms with Crippen molar-refractivity contribution in [2.24, 2.45) is 0 Å². The van der Waals surface area contributed by atoms with Gasteiger partial charge in [-0.15, -0.1) is 0 Å². The molecule has 0 saturated heterocycles. The summed E-state index contributed by atoms with van der Waals surface area (Å²) in [6, 6.07) is 8.75. The summed E-state index contributed by atoms with van der Waals surface area (Å²) in [6.45, 7) is 6.30. The summed E-state index contributed by atoms with van der Waals surface area (Å²) in [4.78, 5) is 10.4. The smallest absolute Gasteiger partial charge is 0.288 e. The Morgan fingerprint density at radius 1 is 1.19 bits per heavy atom. The number of nitro benzene ring substituents is 1. The first-order chi connectivity index (χ1) is 9.88. The molecule has 0 radical (unpaired) electrons. The first-order valence-electron chi connectivity index (χ1n) is 6.52. The summed E-state index contributed by atoms with van der Waals surface area (Å²) in [5.74, 6) is 0.796. The lowest BCUT2D eigenvalue weighted by molar-refractivity contribution is -0.384. The van der Waals surface area contributed by atoms with Crippen LogP contribution < -0.4 is 4.74 Å². The zero-order valence-electron chi connectivity index (χ0n) is 12.1. The Kier molecular flexibility index (Phi) is 4.48. The van der Waals surface area contributed by atoms with E-state index in [1.54, 1.807) is 6.07 Å². The second-order valence-electron chi connectivity index (χ2n) is 5.04. The summed E-state index contributed by atoms with van der Waals surface area (Å²) >= 11 is 5.79. The predicted molar refractivity (Wildman–Crippen MR) is 83.1 cm³/mol. The monoisotopic (exact) mass is 305 g/mol. The van der Waals surface area contributed by atoms with E-state index in [1.165, 1.54) is 12.1 Å². The fourth-order valence-corrected chi connectivity index (χ4v) is 2.29. The average molecular weight is 306 g/mol. The van der Waals surface area contributed by atoms with Gasteiger partial charge in [0.05, 0.1) is 4.92 Å². The number of benzene rings is 2. The Morgan fingerprint density at radius 2 is 1.90 bits per heavy atom. The van der Waals surface area contributed by atoms with Crippen LogP contribution in [0, 0.1) is 30.9 Å². The maximum Gasteiger partial charge on any atom is 0.288 e. The van der Waals surface area contributed by atoms with Crippen LogP contribution in [-0.4, -0.2) is 4.92 Å². The number of hydrogen-bond donors (Lipinski definition) is 0. The molecule has 0 aromatic heterocycles. The van der Waals surface area contributed by atoms with Gasteiger partial charge in [0.25, 0.3) is 5.69 Å². The van der Waals surface area contributed by atoms with E-state index in [0.29, 0.717) is 5.56 Å². The topological polar surface area (TPSA) is 52.4 Å². The van der Waals surface area contributed by atoms with E-state index in [2.05, 4.69) is 6.07 Å². The number of hydrogen-bond acceptors (Lipinski definition) is 3. The molecular formula is C16H16ClNO3. The van der Waals surface area contributed by atoms with E-state index in [0.717, 1.165) is 22.4 Å². The highest BCUT2D eigenvalue weighted by atomic mass is 35.5. The van der Waals surface area contributed by atoms with Crippen LogP contribution in [0.15, 0.2) is 30.3 Å². The number of nitrogens with zero attached hydrogens (tertiary/aromatic N) is 1. The molecular weight excluding hydrogens is 290 g/mol. The first kappa shape index (κ1) is 15.3. The summed E-state index contributed by atoms with van der Waals surface area (Å²) in [5.41, 5.74) is 3.96. The Morgan fingerprint density at radius 3 is 2.57 bits per heavy atom. The van der Waals surface area contributed by atoms with Crippen molar-refractivity contribution in [1.82, 2.24) is 0 Å². The molecule has 5 heteroatoms. The highest BCUT2D eigenvalue weighted by Crippen LogP contribution is 2.27. The molecule has 0 fully saturated rings. The van der Waals surface area contributed by atoms with E-state index < -0.39 is 4.92 Å². The molecule has 2 aromatic carbocycles. The van der Waals surface area contributed by atoms with Crippen LogP contribution in [0.2, 0.25) is 5.02 Å². The molecule has 0 saturated carbocycles. The van der Waals surface area contributed by atoms with Crippen LogP contribution in [0.25, 0.3) is 0 Å². The zero-order chi connectivity index (χ0) is 15.6. The Bertz CT molecular complexity index is 698. The molecule has 0 N–H and O–H groups in total. The van der Waals surface area contributed by atoms with Gasteiger partial charge in [0.1, 0.15) is 17.4 Å². The van der Waals surface area contributed by atoms with E-state index in [1.807, 2.05) is 26.8 Å². The number of ether oxygens (including phenoxy) is 1. The van der Waals surface area contributed by atoms with Crippen LogP contribution >= 0.6 is 11.6 Å². The van der Waals surface area contributed by atoms with Gasteiger partial charge in [0.15, 0.2) is 0 Å². The van der Waals surface area contributed by atoms with E-state index in [9.17, 15) is 10.1 Å². The third-order valence-electron chi connectivity index (χ3n) is 3.37. The van der Waals surface area contributed by atoms with Gasteiger partial charge >= 0.3 is 0 Å². The van der Waals surface area contributed by atoms with Crippen molar-refractivity contribution in [1.29, 1.82) is 0 Å². The van der Waals surface area contributed by atoms with Gasteiger partial charge in [-0.2, -0.15) is 0 Å². The van der Waals surface area contributed by atoms with E-state index in [4.69, 9.17) is 16.3 Å². The molecule has 4 nitrogen and oxygen atoms in total. The molecule has 2 rings (SSSR count). The van der Waals surface area contributed by atoms with Gasteiger partial charge in [-0.05, 0) is 55.2 Å². The normalized spacial score (nSPS) is 10.5. The Hall–Kier alpha value is -2.07. The lowest BCUT2D eigenvalue weighted by atomic mass is 10.1. The molecule has 2 aromatic rings. The Balaban J connectivity index is 2.21. The van der Waals surface area contributed by atoms with Crippen LogP contribution in [0.5, 0.6) is 5.75 Å². The third kappa shape index (κ3) is 3.52. The summed E-state index contributed by atoms with van der Waals surface area (Å²) < 4.78 is 5.79. The van der Waals surface area contributed by atoms with Gasteiger partial charge in [-0.3, -0.25) is 10.1 Å². The van der Waals surface area contributed by atoms with Crippen molar-refractivity contribution >= 4 is 17.3 Å². The minimum Gasteiger partial charge on any atom is -0.489 e. The van der Waals surface area contributed by atoms with E-state index >= 15 is 0 Å². The Labute approximate surface area is 128 Å². The van der Waals surface area contributed by atoms with Crippen molar-refractivity contribution in [3.05, 3.63) is 67.7 Å². The minimum atomic E-state index is -0.492. The maximum atomic E-state index is 10.9. The molecule has 0 unspecified atom stereocenters. The second kappa shape index (κ2) is 6.14. The molecule has 0 aliphatic heterocycles. The van der Waals surface area contributed by atoms with Crippen molar-refractivity contribution in [3.8, 4) is 5.75 Å². The lowest BCUT2D eigenvalue weighted by Crippen LogP contribution is -2.00. The summed E-state index contributed by atoms with van der Waals surface area (Å²) in [6.07, 6.45) is 0. The van der Waals surface area contributed by atoms with Crippen LogP contribution in [0.1, 0.15) is 22.3 Å². The highest BCUT2D eigenvalue weighted by molar-refractivity contribution is 6.32. The molecule has 21 heavy (non-hydrogen) atoms. The van der Waals surface area contributed by atoms with Crippen LogP contribution in [0.4, 0.5) is 5.69 Å². The molecule has 0 aliphatic carbocycles. The summed E-state index contributed by atoms with van der Waals surface area (Å²) in [7, 11) is 0.